The molecule has 0 saturated heterocycles. The highest BCUT2D eigenvalue weighted by Crippen LogP contribution is 2.48. The van der Waals surface area contributed by atoms with Crippen molar-refractivity contribution in [1.29, 1.82) is 0 Å². The van der Waals surface area contributed by atoms with Crippen molar-refractivity contribution in [2.24, 2.45) is 5.41 Å². The summed E-state index contributed by atoms with van der Waals surface area (Å²) >= 11 is 0. The lowest BCUT2D eigenvalue weighted by Crippen LogP contribution is -2.45. The molecule has 0 amide bonds. The summed E-state index contributed by atoms with van der Waals surface area (Å²) in [4.78, 5) is 11.5. The fraction of sp³-hybridized carbons (Fsp3) is 0.800. The number of carbonyl (C=O) groups excluding carboxylic acids is 1. The second-order valence-electron chi connectivity index (χ2n) is 6.66. The van der Waals surface area contributed by atoms with Crippen LogP contribution in [0.25, 0.3) is 0 Å². The molecule has 2 heteroatoms. The first-order chi connectivity index (χ1) is 7.81. The zero-order valence-electron chi connectivity index (χ0n) is 11.5. The summed E-state index contributed by atoms with van der Waals surface area (Å²) in [6.45, 7) is 8.62. The Balaban J connectivity index is 2.24. The van der Waals surface area contributed by atoms with Gasteiger partial charge in [-0.1, -0.05) is 12.5 Å². The minimum Gasteiger partial charge on any atom is -0.372 e. The maximum absolute atomic E-state index is 11.5. The van der Waals surface area contributed by atoms with E-state index in [1.54, 1.807) is 0 Å². The normalized spacial score (nSPS) is 34.2. The van der Waals surface area contributed by atoms with E-state index in [0.29, 0.717) is 12.2 Å². The molecule has 96 valence electrons. The maximum Gasteiger partial charge on any atom is 0.155 e. The Hall–Kier alpha value is -0.630. The van der Waals surface area contributed by atoms with Crippen molar-refractivity contribution in [2.75, 3.05) is 0 Å². The molecule has 17 heavy (non-hydrogen) atoms. The highest BCUT2D eigenvalue weighted by atomic mass is 16.5. The summed E-state index contributed by atoms with van der Waals surface area (Å²) < 4.78 is 6.23. The molecule has 0 aliphatic heterocycles. The van der Waals surface area contributed by atoms with Gasteiger partial charge in [0, 0.05) is 11.8 Å². The Kier molecular flexibility index (Phi) is 3.19. The molecule has 2 nitrogen and oxygen atoms in total. The van der Waals surface area contributed by atoms with E-state index < -0.39 is 0 Å². The van der Waals surface area contributed by atoms with Crippen LogP contribution in [0.3, 0.4) is 0 Å². The van der Waals surface area contributed by atoms with Crippen LogP contribution in [-0.4, -0.2) is 17.5 Å². The van der Waals surface area contributed by atoms with Crippen molar-refractivity contribution in [3.63, 3.8) is 0 Å². The number of ether oxygens (including phenoxy) is 1. The Morgan fingerprint density at radius 3 is 2.71 bits per heavy atom. The topological polar surface area (TPSA) is 26.3 Å². The number of ketones is 1. The van der Waals surface area contributed by atoms with Crippen LogP contribution in [-0.2, 0) is 9.53 Å². The Bertz CT molecular complexity index is 348. The lowest BCUT2D eigenvalue weighted by molar-refractivity contribution is -0.126. The van der Waals surface area contributed by atoms with Crippen LogP contribution in [0.4, 0.5) is 0 Å². The minimum atomic E-state index is -0.0996. The van der Waals surface area contributed by atoms with E-state index >= 15 is 0 Å². The third-order valence-electron chi connectivity index (χ3n) is 4.08. The predicted octanol–water partition coefficient (Wildman–Crippen LogP) is 3.65. The van der Waals surface area contributed by atoms with E-state index in [1.165, 1.54) is 5.57 Å². The lowest BCUT2D eigenvalue weighted by atomic mass is 9.64. The number of carbonyl (C=O) groups is 1. The predicted molar refractivity (Wildman–Crippen MR) is 68.9 cm³/mol. The quantitative estimate of drug-likeness (QED) is 0.694. The van der Waals surface area contributed by atoms with Gasteiger partial charge >= 0.3 is 0 Å². The highest BCUT2D eigenvalue weighted by Gasteiger charge is 2.44. The standard InChI is InChI=1S/C15H24O2/c1-14(2,3)17-13-7-5-6-11-10-12(16)8-9-15(11,13)4/h10,13H,5-9H2,1-4H3/t13-,15+/m0/s1. The van der Waals surface area contributed by atoms with Gasteiger partial charge in [-0.05, 0) is 52.5 Å². The molecule has 2 aliphatic carbocycles. The van der Waals surface area contributed by atoms with E-state index in [1.807, 2.05) is 6.08 Å². The number of hydrogen-bond acceptors (Lipinski definition) is 2. The molecule has 0 heterocycles. The van der Waals surface area contributed by atoms with Gasteiger partial charge in [-0.2, -0.15) is 0 Å². The maximum atomic E-state index is 11.5. The zero-order chi connectivity index (χ0) is 12.7. The SMILES string of the molecule is CC(C)(C)O[C@H]1CCCC2=CC(=O)CC[C@]21C. The summed E-state index contributed by atoms with van der Waals surface area (Å²) in [5.74, 6) is 0.300. The molecule has 0 spiro atoms. The van der Waals surface area contributed by atoms with Crippen molar-refractivity contribution in [3.05, 3.63) is 11.6 Å². The van der Waals surface area contributed by atoms with Crippen LogP contribution in [0, 0.1) is 5.41 Å². The second-order valence-corrected chi connectivity index (χ2v) is 6.66. The molecule has 0 N–H and O–H groups in total. The molecule has 2 aliphatic rings. The average molecular weight is 236 g/mol. The van der Waals surface area contributed by atoms with Gasteiger partial charge in [0.05, 0.1) is 11.7 Å². The number of hydrogen-bond donors (Lipinski definition) is 0. The van der Waals surface area contributed by atoms with Crippen molar-refractivity contribution in [2.45, 2.75) is 71.5 Å². The Morgan fingerprint density at radius 2 is 2.06 bits per heavy atom. The number of fused-ring (bicyclic) bond motifs is 1. The van der Waals surface area contributed by atoms with Crippen LogP contribution in [0.2, 0.25) is 0 Å². The zero-order valence-corrected chi connectivity index (χ0v) is 11.5. The third kappa shape index (κ3) is 2.62. The molecule has 0 aromatic heterocycles. The van der Waals surface area contributed by atoms with Crippen LogP contribution in [0.5, 0.6) is 0 Å². The highest BCUT2D eigenvalue weighted by molar-refractivity contribution is 5.91. The summed E-state index contributed by atoms with van der Waals surface area (Å²) in [7, 11) is 0. The molecule has 0 bridgehead atoms. The number of allylic oxidation sites excluding steroid dienone is 1. The van der Waals surface area contributed by atoms with Gasteiger partial charge in [0.1, 0.15) is 0 Å². The smallest absolute Gasteiger partial charge is 0.155 e. The molecule has 2 atom stereocenters. The van der Waals surface area contributed by atoms with E-state index in [0.717, 1.165) is 25.7 Å². The van der Waals surface area contributed by atoms with Crippen LogP contribution >= 0.6 is 0 Å². The van der Waals surface area contributed by atoms with Gasteiger partial charge in [-0.3, -0.25) is 4.79 Å². The van der Waals surface area contributed by atoms with Crippen molar-refractivity contribution < 1.29 is 9.53 Å². The van der Waals surface area contributed by atoms with Gasteiger partial charge in [-0.15, -0.1) is 0 Å². The molecule has 0 aromatic rings. The fourth-order valence-electron chi connectivity index (χ4n) is 3.11. The van der Waals surface area contributed by atoms with Gasteiger partial charge in [0.25, 0.3) is 0 Å². The second kappa shape index (κ2) is 4.24. The molecule has 1 saturated carbocycles. The Morgan fingerprint density at radius 1 is 1.35 bits per heavy atom. The first kappa shape index (κ1) is 12.8. The monoisotopic (exact) mass is 236 g/mol. The molecule has 0 unspecified atom stereocenters. The first-order valence-corrected chi connectivity index (χ1v) is 6.73. The van der Waals surface area contributed by atoms with Gasteiger partial charge in [0.2, 0.25) is 0 Å². The van der Waals surface area contributed by atoms with Crippen molar-refractivity contribution in [1.82, 2.24) is 0 Å². The van der Waals surface area contributed by atoms with Gasteiger partial charge in [-0.25, -0.2) is 0 Å². The summed E-state index contributed by atoms with van der Waals surface area (Å²) in [6.07, 6.45) is 7.15. The minimum absolute atomic E-state index is 0.0967. The molecular formula is C15H24O2. The first-order valence-electron chi connectivity index (χ1n) is 6.73. The molecule has 1 fully saturated rings. The third-order valence-corrected chi connectivity index (χ3v) is 4.08. The van der Waals surface area contributed by atoms with Crippen molar-refractivity contribution >= 4 is 5.78 Å². The van der Waals surface area contributed by atoms with Crippen LogP contribution < -0.4 is 0 Å². The van der Waals surface area contributed by atoms with E-state index in [9.17, 15) is 4.79 Å². The van der Waals surface area contributed by atoms with E-state index in [4.69, 9.17) is 4.74 Å². The molecule has 0 aromatic carbocycles. The van der Waals surface area contributed by atoms with E-state index in [-0.39, 0.29) is 17.1 Å². The molecule has 0 radical (unpaired) electrons. The molecule has 2 rings (SSSR count). The van der Waals surface area contributed by atoms with Crippen LogP contribution in [0.15, 0.2) is 11.6 Å². The van der Waals surface area contributed by atoms with Gasteiger partial charge in [0.15, 0.2) is 5.78 Å². The summed E-state index contributed by atoms with van der Waals surface area (Å²) in [5, 5.41) is 0. The van der Waals surface area contributed by atoms with E-state index in [2.05, 4.69) is 27.7 Å². The average Bonchev–Trinajstić information content (AvgIpc) is 2.19. The Labute approximate surface area is 104 Å². The summed E-state index contributed by atoms with van der Waals surface area (Å²) in [5.41, 5.74) is 1.33. The summed E-state index contributed by atoms with van der Waals surface area (Å²) in [6, 6.07) is 0. The van der Waals surface area contributed by atoms with Gasteiger partial charge < -0.3 is 4.74 Å². The largest absolute Gasteiger partial charge is 0.372 e. The molecular weight excluding hydrogens is 212 g/mol. The lowest BCUT2D eigenvalue weighted by Gasteiger charge is -2.47. The van der Waals surface area contributed by atoms with Crippen molar-refractivity contribution in [3.8, 4) is 0 Å². The number of rotatable bonds is 1. The fourth-order valence-corrected chi connectivity index (χ4v) is 3.11. The van der Waals surface area contributed by atoms with Crippen LogP contribution in [0.1, 0.15) is 59.8 Å².